The highest BCUT2D eigenvalue weighted by atomic mass is 16.4. The summed E-state index contributed by atoms with van der Waals surface area (Å²) in [4.78, 5) is 31.2. The molecule has 0 atom stereocenters. The molecule has 11 heavy (non-hydrogen) atoms. The first-order chi connectivity index (χ1) is 5.09. The van der Waals surface area contributed by atoms with Crippen molar-refractivity contribution in [2.45, 2.75) is 6.42 Å². The van der Waals surface area contributed by atoms with Crippen molar-refractivity contribution in [2.75, 3.05) is 0 Å². The number of carboxylic acids is 1. The zero-order valence-electron chi connectivity index (χ0n) is 5.46. The summed E-state index contributed by atoms with van der Waals surface area (Å²) < 4.78 is 0. The molecule has 5 heteroatoms. The summed E-state index contributed by atoms with van der Waals surface area (Å²) in [6.07, 6.45) is 0.591. The van der Waals surface area contributed by atoms with Crippen molar-refractivity contribution < 1.29 is 19.5 Å². The Balaban J connectivity index is 2.72. The molecule has 0 aromatic carbocycles. The molecule has 2 N–H and O–H groups in total. The number of rotatable bonds is 2. The number of imide groups is 1. The molecule has 0 aromatic heterocycles. The largest absolute Gasteiger partial charge is 0.481 e. The van der Waals surface area contributed by atoms with E-state index in [1.54, 1.807) is 0 Å². The molecule has 1 aliphatic rings. The molecule has 2 amide bonds. The molecule has 5 nitrogen and oxygen atoms in total. The van der Waals surface area contributed by atoms with Gasteiger partial charge in [-0.25, -0.2) is 0 Å². The molecule has 58 valence electrons. The van der Waals surface area contributed by atoms with Crippen LogP contribution in [0, 0.1) is 0 Å². The number of carboxylic acid groups (broad SMARTS) is 1. The van der Waals surface area contributed by atoms with E-state index < -0.39 is 24.2 Å². The van der Waals surface area contributed by atoms with Crippen molar-refractivity contribution in [3.63, 3.8) is 0 Å². The summed E-state index contributed by atoms with van der Waals surface area (Å²) in [5, 5.41) is 10.2. The second kappa shape index (κ2) is 2.53. The van der Waals surface area contributed by atoms with Crippen LogP contribution in [0.3, 0.4) is 0 Å². The van der Waals surface area contributed by atoms with Gasteiger partial charge in [-0.3, -0.25) is 19.7 Å². The molecule has 0 radical (unpaired) electrons. The number of aliphatic carboxylic acids is 1. The van der Waals surface area contributed by atoms with Crippen molar-refractivity contribution in [3.05, 3.63) is 11.6 Å². The minimum atomic E-state index is -1.12. The fourth-order valence-electron chi connectivity index (χ4n) is 0.746. The summed E-state index contributed by atoms with van der Waals surface area (Å²) in [5.74, 6) is -2.29. The Hall–Kier alpha value is -1.65. The number of hydrogen-bond acceptors (Lipinski definition) is 3. The molecule has 0 aromatic rings. The van der Waals surface area contributed by atoms with E-state index in [9.17, 15) is 14.4 Å². The Morgan fingerprint density at radius 1 is 1.55 bits per heavy atom. The Morgan fingerprint density at radius 2 is 2.18 bits per heavy atom. The van der Waals surface area contributed by atoms with Gasteiger partial charge < -0.3 is 5.11 Å². The van der Waals surface area contributed by atoms with Crippen LogP contribution < -0.4 is 5.32 Å². The molecule has 1 heterocycles. The highest BCUT2D eigenvalue weighted by Crippen LogP contribution is 2.06. The summed E-state index contributed by atoms with van der Waals surface area (Å²) in [5.41, 5.74) is 0.00231. The van der Waals surface area contributed by atoms with Crippen molar-refractivity contribution in [1.82, 2.24) is 5.32 Å². The quantitative estimate of drug-likeness (QED) is 0.503. The summed E-state index contributed by atoms with van der Waals surface area (Å²) in [6.45, 7) is 0. The number of amides is 2. The zero-order chi connectivity index (χ0) is 8.43. The van der Waals surface area contributed by atoms with E-state index in [1.165, 1.54) is 0 Å². The average Bonchev–Trinajstić information content (AvgIpc) is 2.09. The van der Waals surface area contributed by atoms with E-state index in [4.69, 9.17) is 5.11 Å². The first kappa shape index (κ1) is 7.46. The van der Waals surface area contributed by atoms with Gasteiger partial charge in [-0.2, -0.15) is 0 Å². The fourth-order valence-corrected chi connectivity index (χ4v) is 0.746. The smallest absolute Gasteiger partial charge is 0.308 e. The Kier molecular flexibility index (Phi) is 1.72. The maximum atomic E-state index is 10.7. The molecule has 0 fully saturated rings. The van der Waals surface area contributed by atoms with Crippen LogP contribution in [-0.4, -0.2) is 22.9 Å². The Labute approximate surface area is 61.7 Å². The maximum Gasteiger partial charge on any atom is 0.308 e. The van der Waals surface area contributed by atoms with Gasteiger partial charge in [0.25, 0.3) is 11.8 Å². The van der Waals surface area contributed by atoms with Crippen LogP contribution in [0.25, 0.3) is 0 Å². The van der Waals surface area contributed by atoms with Crippen LogP contribution in [-0.2, 0) is 14.4 Å². The first-order valence-corrected chi connectivity index (χ1v) is 2.87. The SMILES string of the molecule is O=C(O)CC1=CC(=O)NC1=O. The van der Waals surface area contributed by atoms with E-state index in [-0.39, 0.29) is 5.57 Å². The van der Waals surface area contributed by atoms with Crippen molar-refractivity contribution >= 4 is 17.8 Å². The molecule has 0 unspecified atom stereocenters. The highest BCUT2D eigenvalue weighted by Gasteiger charge is 2.22. The lowest BCUT2D eigenvalue weighted by molar-refractivity contribution is -0.137. The van der Waals surface area contributed by atoms with Crippen LogP contribution in [0.1, 0.15) is 6.42 Å². The third-order valence-corrected chi connectivity index (χ3v) is 1.18. The standard InChI is InChI=1S/C6H5NO4/c8-4-1-3(2-5(9)10)6(11)7-4/h1H,2H2,(H,9,10)(H,7,8,11). The number of hydrogen-bond donors (Lipinski definition) is 2. The van der Waals surface area contributed by atoms with E-state index in [0.29, 0.717) is 0 Å². The second-order valence-electron chi connectivity index (χ2n) is 2.06. The molecular formula is C6H5NO4. The third-order valence-electron chi connectivity index (χ3n) is 1.18. The topological polar surface area (TPSA) is 83.5 Å². The van der Waals surface area contributed by atoms with Crippen LogP contribution in [0.4, 0.5) is 0 Å². The predicted molar refractivity (Wildman–Crippen MR) is 33.5 cm³/mol. The lowest BCUT2D eigenvalue weighted by Crippen LogP contribution is -2.22. The lowest BCUT2D eigenvalue weighted by atomic mass is 10.2. The minimum absolute atomic E-state index is 0.00231. The van der Waals surface area contributed by atoms with Gasteiger partial charge in [0.15, 0.2) is 0 Å². The van der Waals surface area contributed by atoms with Crippen molar-refractivity contribution in [3.8, 4) is 0 Å². The molecule has 1 rings (SSSR count). The van der Waals surface area contributed by atoms with Gasteiger partial charge in [-0.15, -0.1) is 0 Å². The van der Waals surface area contributed by atoms with Gasteiger partial charge in [0.05, 0.1) is 6.42 Å². The van der Waals surface area contributed by atoms with Crippen LogP contribution >= 0.6 is 0 Å². The Morgan fingerprint density at radius 3 is 2.55 bits per heavy atom. The number of carbonyl (C=O) groups is 3. The fraction of sp³-hybridized carbons (Fsp3) is 0.167. The summed E-state index contributed by atoms with van der Waals surface area (Å²) >= 11 is 0. The predicted octanol–water partition coefficient (Wildman–Crippen LogP) is -0.956. The van der Waals surface area contributed by atoms with Gasteiger partial charge in [-0.05, 0) is 0 Å². The molecule has 0 aliphatic carbocycles. The van der Waals surface area contributed by atoms with Crippen LogP contribution in [0.15, 0.2) is 11.6 Å². The Bertz CT molecular complexity index is 266. The maximum absolute atomic E-state index is 10.7. The van der Waals surface area contributed by atoms with Crippen LogP contribution in [0.2, 0.25) is 0 Å². The molecule has 0 saturated carbocycles. The zero-order valence-corrected chi connectivity index (χ0v) is 5.46. The molecular weight excluding hydrogens is 150 g/mol. The van der Waals surface area contributed by atoms with E-state index in [1.807, 2.05) is 5.32 Å². The highest BCUT2D eigenvalue weighted by molar-refractivity contribution is 6.17. The molecule has 1 aliphatic heterocycles. The van der Waals surface area contributed by atoms with Gasteiger partial charge in [0.2, 0.25) is 0 Å². The lowest BCUT2D eigenvalue weighted by Gasteiger charge is -1.91. The summed E-state index contributed by atoms with van der Waals surface area (Å²) in [6, 6.07) is 0. The van der Waals surface area contributed by atoms with Gasteiger partial charge >= 0.3 is 5.97 Å². The minimum Gasteiger partial charge on any atom is -0.481 e. The molecule has 0 spiro atoms. The van der Waals surface area contributed by atoms with E-state index >= 15 is 0 Å². The summed E-state index contributed by atoms with van der Waals surface area (Å²) in [7, 11) is 0. The van der Waals surface area contributed by atoms with Crippen molar-refractivity contribution in [2.24, 2.45) is 0 Å². The normalized spacial score (nSPS) is 16.2. The second-order valence-corrected chi connectivity index (χ2v) is 2.06. The third kappa shape index (κ3) is 1.64. The monoisotopic (exact) mass is 155 g/mol. The molecule has 0 saturated heterocycles. The van der Waals surface area contributed by atoms with Crippen LogP contribution in [0.5, 0.6) is 0 Å². The number of nitrogens with one attached hydrogen (secondary N) is 1. The van der Waals surface area contributed by atoms with E-state index in [0.717, 1.165) is 6.08 Å². The average molecular weight is 155 g/mol. The van der Waals surface area contributed by atoms with Gasteiger partial charge in [-0.1, -0.05) is 0 Å². The first-order valence-electron chi connectivity index (χ1n) is 2.87. The van der Waals surface area contributed by atoms with E-state index in [2.05, 4.69) is 0 Å². The van der Waals surface area contributed by atoms with Gasteiger partial charge in [0, 0.05) is 11.6 Å². The van der Waals surface area contributed by atoms with Gasteiger partial charge in [0.1, 0.15) is 0 Å². The molecule has 0 bridgehead atoms. The number of carbonyl (C=O) groups excluding carboxylic acids is 2. The van der Waals surface area contributed by atoms with Crippen molar-refractivity contribution in [1.29, 1.82) is 0 Å².